The molecular weight excluding hydrogens is 328 g/mol. The molecule has 0 aromatic heterocycles. The van der Waals surface area contributed by atoms with Crippen LogP contribution in [0.1, 0.15) is 5.56 Å². The topological polar surface area (TPSA) is 65.2 Å². The molecule has 3 aromatic carbocycles. The van der Waals surface area contributed by atoms with Crippen molar-refractivity contribution in [1.29, 1.82) is 0 Å². The maximum Gasteiger partial charge on any atom is 0.151 e. The van der Waals surface area contributed by atoms with Crippen LogP contribution in [0.5, 0.6) is 11.5 Å². The van der Waals surface area contributed by atoms with E-state index in [1.807, 2.05) is 37.3 Å². The SMILES string of the molecule is Cc1cc2ccccc2c(O)c1N=Nc1ccccc1O.[Cu]. The molecule has 0 bridgehead atoms. The van der Waals surface area contributed by atoms with Crippen molar-refractivity contribution in [3.05, 3.63) is 60.2 Å². The van der Waals surface area contributed by atoms with Gasteiger partial charge < -0.3 is 10.2 Å². The summed E-state index contributed by atoms with van der Waals surface area (Å²) in [6, 6.07) is 16.2. The Morgan fingerprint density at radius 1 is 0.864 bits per heavy atom. The molecule has 0 spiro atoms. The minimum atomic E-state index is 0. The van der Waals surface area contributed by atoms with Gasteiger partial charge in [-0.05, 0) is 36.1 Å². The first-order valence-electron chi connectivity index (χ1n) is 6.58. The summed E-state index contributed by atoms with van der Waals surface area (Å²) in [6.07, 6.45) is 0. The molecule has 4 nitrogen and oxygen atoms in total. The average Bonchev–Trinajstić information content (AvgIpc) is 2.49. The molecule has 115 valence electrons. The number of nitrogens with zero attached hydrogens (tertiary/aromatic N) is 2. The van der Waals surface area contributed by atoms with Crippen LogP contribution in [0.4, 0.5) is 11.4 Å². The summed E-state index contributed by atoms with van der Waals surface area (Å²) in [7, 11) is 0. The molecule has 0 amide bonds. The molecule has 0 fully saturated rings. The smallest absolute Gasteiger partial charge is 0.151 e. The third-order valence-corrected chi connectivity index (χ3v) is 3.33. The zero-order valence-electron chi connectivity index (χ0n) is 11.8. The van der Waals surface area contributed by atoms with E-state index < -0.39 is 0 Å². The van der Waals surface area contributed by atoms with E-state index >= 15 is 0 Å². The molecule has 0 saturated heterocycles. The number of para-hydroxylation sites is 1. The molecule has 0 aliphatic carbocycles. The molecule has 22 heavy (non-hydrogen) atoms. The maximum absolute atomic E-state index is 10.4. The Kier molecular flexibility index (Phi) is 4.81. The Morgan fingerprint density at radius 2 is 1.55 bits per heavy atom. The van der Waals surface area contributed by atoms with Crippen LogP contribution in [-0.4, -0.2) is 10.2 Å². The number of rotatable bonds is 2. The number of hydrogen-bond acceptors (Lipinski definition) is 4. The molecule has 3 rings (SSSR count). The Hall–Kier alpha value is -2.36. The maximum atomic E-state index is 10.4. The number of benzene rings is 3. The van der Waals surface area contributed by atoms with E-state index in [0.29, 0.717) is 11.4 Å². The molecule has 5 heteroatoms. The molecule has 0 aliphatic rings. The number of phenols is 2. The van der Waals surface area contributed by atoms with E-state index in [1.165, 1.54) is 0 Å². The van der Waals surface area contributed by atoms with Crippen LogP contribution in [0.25, 0.3) is 10.8 Å². The van der Waals surface area contributed by atoms with Gasteiger partial charge in [0.25, 0.3) is 0 Å². The van der Waals surface area contributed by atoms with Crippen LogP contribution < -0.4 is 0 Å². The fraction of sp³-hybridized carbons (Fsp3) is 0.0588. The van der Waals surface area contributed by atoms with Gasteiger partial charge in [-0.25, -0.2) is 0 Å². The number of phenolic OH excluding ortho intramolecular Hbond substituents is 2. The minimum absolute atomic E-state index is 0. The van der Waals surface area contributed by atoms with E-state index in [4.69, 9.17) is 0 Å². The first-order chi connectivity index (χ1) is 10.2. The van der Waals surface area contributed by atoms with Crippen molar-refractivity contribution in [2.24, 2.45) is 10.2 Å². The van der Waals surface area contributed by atoms with Crippen LogP contribution >= 0.6 is 0 Å². The number of fused-ring (bicyclic) bond motifs is 1. The summed E-state index contributed by atoms with van der Waals surface area (Å²) in [4.78, 5) is 0. The second-order valence-electron chi connectivity index (χ2n) is 4.80. The molecular formula is C17H14CuN2O2. The van der Waals surface area contributed by atoms with Crippen LogP contribution in [0.2, 0.25) is 0 Å². The average molecular weight is 342 g/mol. The van der Waals surface area contributed by atoms with Gasteiger partial charge in [-0.1, -0.05) is 36.4 Å². The molecule has 0 heterocycles. The molecule has 0 aliphatic heterocycles. The van der Waals surface area contributed by atoms with Crippen molar-refractivity contribution >= 4 is 22.1 Å². The summed E-state index contributed by atoms with van der Waals surface area (Å²) in [5, 5.41) is 29.8. The summed E-state index contributed by atoms with van der Waals surface area (Å²) in [5.41, 5.74) is 1.60. The second kappa shape index (κ2) is 6.60. The number of hydrogen-bond donors (Lipinski definition) is 2. The Bertz CT molecular complexity index is 847. The molecule has 0 saturated carbocycles. The quantitative estimate of drug-likeness (QED) is 0.510. The first kappa shape index (κ1) is 16.0. The summed E-state index contributed by atoms with van der Waals surface area (Å²) < 4.78 is 0. The van der Waals surface area contributed by atoms with E-state index in [-0.39, 0.29) is 28.6 Å². The largest absolute Gasteiger partial charge is 0.506 e. The van der Waals surface area contributed by atoms with Gasteiger partial charge in [-0.15, -0.1) is 10.2 Å². The van der Waals surface area contributed by atoms with Gasteiger partial charge in [0.1, 0.15) is 17.1 Å². The number of azo groups is 1. The van der Waals surface area contributed by atoms with Gasteiger partial charge >= 0.3 is 0 Å². The van der Waals surface area contributed by atoms with Gasteiger partial charge in [0, 0.05) is 22.5 Å². The van der Waals surface area contributed by atoms with E-state index in [2.05, 4.69) is 10.2 Å². The minimum Gasteiger partial charge on any atom is -0.506 e. The van der Waals surface area contributed by atoms with Gasteiger partial charge in [0.15, 0.2) is 5.75 Å². The fourth-order valence-corrected chi connectivity index (χ4v) is 2.23. The molecule has 3 aromatic rings. The van der Waals surface area contributed by atoms with Crippen LogP contribution in [0.15, 0.2) is 64.8 Å². The Balaban J connectivity index is 0.00000176. The van der Waals surface area contributed by atoms with Crippen molar-refractivity contribution in [2.75, 3.05) is 0 Å². The van der Waals surface area contributed by atoms with Gasteiger partial charge in [-0.2, -0.15) is 0 Å². The summed E-state index contributed by atoms with van der Waals surface area (Å²) in [6.45, 7) is 1.87. The van der Waals surface area contributed by atoms with E-state index in [9.17, 15) is 10.2 Å². The van der Waals surface area contributed by atoms with Crippen molar-refractivity contribution in [2.45, 2.75) is 6.92 Å². The number of aryl methyl sites for hydroxylation is 1. The molecule has 0 unspecified atom stereocenters. The van der Waals surface area contributed by atoms with Crippen molar-refractivity contribution in [1.82, 2.24) is 0 Å². The first-order valence-corrected chi connectivity index (χ1v) is 6.58. The van der Waals surface area contributed by atoms with Crippen molar-refractivity contribution in [3.63, 3.8) is 0 Å². The zero-order valence-corrected chi connectivity index (χ0v) is 12.7. The van der Waals surface area contributed by atoms with Crippen LogP contribution in [0.3, 0.4) is 0 Å². The van der Waals surface area contributed by atoms with Crippen molar-refractivity contribution in [3.8, 4) is 11.5 Å². The van der Waals surface area contributed by atoms with Crippen molar-refractivity contribution < 1.29 is 27.3 Å². The molecule has 1 radical (unpaired) electrons. The van der Waals surface area contributed by atoms with Crippen LogP contribution in [0, 0.1) is 6.92 Å². The predicted octanol–water partition coefficient (Wildman–Crippen LogP) is 4.97. The predicted molar refractivity (Wildman–Crippen MR) is 82.6 cm³/mol. The summed E-state index contributed by atoms with van der Waals surface area (Å²) >= 11 is 0. The van der Waals surface area contributed by atoms with E-state index in [1.54, 1.807) is 24.3 Å². The second-order valence-corrected chi connectivity index (χ2v) is 4.80. The monoisotopic (exact) mass is 341 g/mol. The van der Waals surface area contributed by atoms with Gasteiger partial charge in [-0.3, -0.25) is 0 Å². The van der Waals surface area contributed by atoms with Gasteiger partial charge in [0.05, 0.1) is 0 Å². The Morgan fingerprint density at radius 3 is 2.32 bits per heavy atom. The molecule has 0 atom stereocenters. The van der Waals surface area contributed by atoms with Crippen LogP contribution in [-0.2, 0) is 17.1 Å². The summed E-state index contributed by atoms with van der Waals surface area (Å²) in [5.74, 6) is 0.156. The third kappa shape index (κ3) is 2.96. The number of aromatic hydroxyl groups is 2. The van der Waals surface area contributed by atoms with Gasteiger partial charge in [0.2, 0.25) is 0 Å². The molecule has 2 N–H and O–H groups in total. The fourth-order valence-electron chi connectivity index (χ4n) is 2.23. The zero-order chi connectivity index (χ0) is 14.8. The standard InChI is InChI=1S/C17H14N2O2.Cu/c1-11-10-12-6-2-3-7-13(12)17(21)16(11)19-18-14-8-4-5-9-15(14)20;/h2-10,20-21H,1H3;. The van der Waals surface area contributed by atoms with E-state index in [0.717, 1.165) is 16.3 Å². The Labute approximate surface area is 138 Å². The normalized spacial score (nSPS) is 10.8. The third-order valence-electron chi connectivity index (χ3n) is 3.33.